The zero-order chi connectivity index (χ0) is 10.5. The van der Waals surface area contributed by atoms with E-state index in [-0.39, 0.29) is 0 Å². The second-order valence-electron chi connectivity index (χ2n) is 5.33. The Balaban J connectivity index is 1.72. The van der Waals surface area contributed by atoms with Crippen LogP contribution in [0.15, 0.2) is 0 Å². The molecule has 0 aromatic heterocycles. The van der Waals surface area contributed by atoms with Crippen LogP contribution in [-0.4, -0.2) is 25.8 Å². The second kappa shape index (κ2) is 5.86. The molecule has 0 aromatic rings. The second-order valence-corrected chi connectivity index (χ2v) is 5.33. The van der Waals surface area contributed by atoms with Gasteiger partial charge in [-0.25, -0.2) is 0 Å². The SMILES string of the molecule is CC(CC1CCCCC1)C1CNCCO1. The zero-order valence-electron chi connectivity index (χ0n) is 10.0. The van der Waals surface area contributed by atoms with E-state index >= 15 is 0 Å². The van der Waals surface area contributed by atoms with Crippen LogP contribution in [0.3, 0.4) is 0 Å². The van der Waals surface area contributed by atoms with Gasteiger partial charge in [0.1, 0.15) is 0 Å². The molecule has 2 fully saturated rings. The Bertz CT molecular complexity index is 171. The highest BCUT2D eigenvalue weighted by Crippen LogP contribution is 2.30. The van der Waals surface area contributed by atoms with Gasteiger partial charge in [0.25, 0.3) is 0 Å². The Labute approximate surface area is 93.8 Å². The lowest BCUT2D eigenvalue weighted by Gasteiger charge is -2.32. The molecule has 1 heterocycles. The van der Waals surface area contributed by atoms with Crippen LogP contribution in [0.2, 0.25) is 0 Å². The topological polar surface area (TPSA) is 21.3 Å². The maximum atomic E-state index is 5.82. The van der Waals surface area contributed by atoms with Crippen LogP contribution in [0.1, 0.15) is 45.4 Å². The number of hydrogen-bond donors (Lipinski definition) is 1. The van der Waals surface area contributed by atoms with Crippen molar-refractivity contribution in [2.45, 2.75) is 51.6 Å². The molecule has 1 aliphatic carbocycles. The highest BCUT2D eigenvalue weighted by atomic mass is 16.5. The molecule has 1 aliphatic heterocycles. The molecule has 1 saturated carbocycles. The molecule has 0 amide bonds. The van der Waals surface area contributed by atoms with Crippen LogP contribution in [0.25, 0.3) is 0 Å². The molecule has 2 heteroatoms. The average molecular weight is 211 g/mol. The van der Waals surface area contributed by atoms with Crippen molar-refractivity contribution in [2.24, 2.45) is 11.8 Å². The number of ether oxygens (including phenoxy) is 1. The van der Waals surface area contributed by atoms with Crippen molar-refractivity contribution < 1.29 is 4.74 Å². The van der Waals surface area contributed by atoms with Gasteiger partial charge in [-0.05, 0) is 18.3 Å². The first-order chi connectivity index (χ1) is 7.36. The summed E-state index contributed by atoms with van der Waals surface area (Å²) in [5, 5.41) is 3.43. The Morgan fingerprint density at radius 1 is 1.27 bits per heavy atom. The number of morpholine rings is 1. The standard InChI is InChI=1S/C13H25NO/c1-11(13-10-14-7-8-15-13)9-12-5-3-2-4-6-12/h11-14H,2-10H2,1H3. The van der Waals surface area contributed by atoms with E-state index in [2.05, 4.69) is 12.2 Å². The third-order valence-electron chi connectivity index (χ3n) is 4.02. The average Bonchev–Trinajstić information content (AvgIpc) is 2.31. The van der Waals surface area contributed by atoms with E-state index in [1.165, 1.54) is 38.5 Å². The van der Waals surface area contributed by atoms with Crippen molar-refractivity contribution in [3.63, 3.8) is 0 Å². The van der Waals surface area contributed by atoms with Gasteiger partial charge in [-0.2, -0.15) is 0 Å². The Morgan fingerprint density at radius 3 is 2.73 bits per heavy atom. The zero-order valence-corrected chi connectivity index (χ0v) is 10.0. The van der Waals surface area contributed by atoms with Crippen molar-refractivity contribution in [1.82, 2.24) is 5.32 Å². The lowest BCUT2D eigenvalue weighted by atomic mass is 9.81. The lowest BCUT2D eigenvalue weighted by Crippen LogP contribution is -2.42. The molecule has 15 heavy (non-hydrogen) atoms. The van der Waals surface area contributed by atoms with Crippen LogP contribution in [0.5, 0.6) is 0 Å². The molecule has 1 saturated heterocycles. The Morgan fingerprint density at radius 2 is 2.07 bits per heavy atom. The maximum absolute atomic E-state index is 5.82. The smallest absolute Gasteiger partial charge is 0.0725 e. The molecule has 0 spiro atoms. The summed E-state index contributed by atoms with van der Waals surface area (Å²) in [5.41, 5.74) is 0. The summed E-state index contributed by atoms with van der Waals surface area (Å²) in [6, 6.07) is 0. The minimum Gasteiger partial charge on any atom is -0.375 e. The van der Waals surface area contributed by atoms with Gasteiger partial charge in [0.2, 0.25) is 0 Å². The van der Waals surface area contributed by atoms with Gasteiger partial charge >= 0.3 is 0 Å². The summed E-state index contributed by atoms with van der Waals surface area (Å²) >= 11 is 0. The van der Waals surface area contributed by atoms with Crippen LogP contribution in [0, 0.1) is 11.8 Å². The predicted molar refractivity (Wildman–Crippen MR) is 63.0 cm³/mol. The first-order valence-corrected chi connectivity index (χ1v) is 6.68. The van der Waals surface area contributed by atoms with Crippen LogP contribution in [0.4, 0.5) is 0 Å². The summed E-state index contributed by atoms with van der Waals surface area (Å²) in [4.78, 5) is 0. The predicted octanol–water partition coefficient (Wildman–Crippen LogP) is 2.58. The fraction of sp³-hybridized carbons (Fsp3) is 1.00. The quantitative estimate of drug-likeness (QED) is 0.774. The summed E-state index contributed by atoms with van der Waals surface area (Å²) in [6.07, 6.45) is 9.16. The summed E-state index contributed by atoms with van der Waals surface area (Å²) < 4.78 is 5.82. The van der Waals surface area contributed by atoms with Crippen molar-refractivity contribution >= 4 is 0 Å². The molecule has 0 radical (unpaired) electrons. The summed E-state index contributed by atoms with van der Waals surface area (Å²) in [7, 11) is 0. The Kier molecular flexibility index (Phi) is 4.45. The van der Waals surface area contributed by atoms with Crippen molar-refractivity contribution in [2.75, 3.05) is 19.7 Å². The van der Waals surface area contributed by atoms with Crippen LogP contribution in [-0.2, 0) is 4.74 Å². The third-order valence-corrected chi connectivity index (χ3v) is 4.02. The molecule has 2 atom stereocenters. The molecular weight excluding hydrogens is 186 g/mol. The first kappa shape index (κ1) is 11.4. The van der Waals surface area contributed by atoms with E-state index < -0.39 is 0 Å². The number of nitrogens with one attached hydrogen (secondary N) is 1. The summed E-state index contributed by atoms with van der Waals surface area (Å²) in [6.45, 7) is 5.37. The maximum Gasteiger partial charge on any atom is 0.0725 e. The molecular formula is C13H25NO. The van der Waals surface area contributed by atoms with Crippen LogP contribution >= 0.6 is 0 Å². The van der Waals surface area contributed by atoms with Crippen molar-refractivity contribution in [3.05, 3.63) is 0 Å². The molecule has 2 rings (SSSR count). The molecule has 0 aromatic carbocycles. The molecule has 88 valence electrons. The number of hydrogen-bond acceptors (Lipinski definition) is 2. The van der Waals surface area contributed by atoms with Gasteiger partial charge in [0.15, 0.2) is 0 Å². The van der Waals surface area contributed by atoms with E-state index in [0.29, 0.717) is 6.10 Å². The molecule has 0 bridgehead atoms. The van der Waals surface area contributed by atoms with E-state index in [9.17, 15) is 0 Å². The highest BCUT2D eigenvalue weighted by molar-refractivity contribution is 4.77. The van der Waals surface area contributed by atoms with Gasteiger partial charge in [0.05, 0.1) is 12.7 Å². The molecule has 1 N–H and O–H groups in total. The number of rotatable bonds is 3. The fourth-order valence-electron chi connectivity index (χ4n) is 3.05. The van der Waals surface area contributed by atoms with Gasteiger partial charge < -0.3 is 10.1 Å². The van der Waals surface area contributed by atoms with Gasteiger partial charge in [-0.15, -0.1) is 0 Å². The van der Waals surface area contributed by atoms with Gasteiger partial charge in [-0.1, -0.05) is 39.0 Å². The van der Waals surface area contributed by atoms with Crippen molar-refractivity contribution in [1.29, 1.82) is 0 Å². The van der Waals surface area contributed by atoms with Gasteiger partial charge in [-0.3, -0.25) is 0 Å². The molecule has 2 unspecified atom stereocenters. The highest BCUT2D eigenvalue weighted by Gasteiger charge is 2.24. The Hall–Kier alpha value is -0.0800. The monoisotopic (exact) mass is 211 g/mol. The normalized spacial score (nSPS) is 31.4. The van der Waals surface area contributed by atoms with E-state index in [0.717, 1.165) is 31.5 Å². The third kappa shape index (κ3) is 3.46. The van der Waals surface area contributed by atoms with Crippen molar-refractivity contribution in [3.8, 4) is 0 Å². The minimum absolute atomic E-state index is 0.473. The first-order valence-electron chi connectivity index (χ1n) is 6.68. The molecule has 2 nitrogen and oxygen atoms in total. The molecule has 2 aliphatic rings. The largest absolute Gasteiger partial charge is 0.375 e. The lowest BCUT2D eigenvalue weighted by molar-refractivity contribution is -0.0117. The fourth-order valence-corrected chi connectivity index (χ4v) is 3.05. The van der Waals surface area contributed by atoms with E-state index in [4.69, 9.17) is 4.74 Å². The van der Waals surface area contributed by atoms with E-state index in [1.807, 2.05) is 0 Å². The minimum atomic E-state index is 0.473. The van der Waals surface area contributed by atoms with Gasteiger partial charge in [0, 0.05) is 13.1 Å². The van der Waals surface area contributed by atoms with E-state index in [1.54, 1.807) is 0 Å². The van der Waals surface area contributed by atoms with Crippen LogP contribution < -0.4 is 5.32 Å². The summed E-state index contributed by atoms with van der Waals surface area (Å²) in [5.74, 6) is 1.72.